The molecule has 2 amide bonds. The molecular weight excluding hydrogens is 580 g/mol. The highest BCUT2D eigenvalue weighted by atomic mass is 32.2. The van der Waals surface area contributed by atoms with E-state index in [1.54, 1.807) is 0 Å². The number of hydrogen-bond acceptors (Lipinski definition) is 4. The highest BCUT2D eigenvalue weighted by Crippen LogP contribution is 2.34. The van der Waals surface area contributed by atoms with Crippen LogP contribution in [0.5, 0.6) is 0 Å². The summed E-state index contributed by atoms with van der Waals surface area (Å²) >= 11 is 1.35. The molecule has 3 aliphatic rings. The SMILES string of the molecule is CCC1=C(C)[C@@H](Cc2[nH]c(Cc3[nH]c(C[C@@H]4NC(=O)C(C)=C4[C@@H]4C[SH+]4)c(C)c3CCC(=O)O)c(CCC(=O)O)c2C)NC1=O. The van der Waals surface area contributed by atoms with Crippen LogP contribution in [-0.2, 0) is 63.0 Å². The first kappa shape index (κ1) is 31.7. The molecule has 1 fully saturated rings. The summed E-state index contributed by atoms with van der Waals surface area (Å²) in [4.78, 5) is 55.4. The summed E-state index contributed by atoms with van der Waals surface area (Å²) in [5.41, 5.74) is 11.5. The van der Waals surface area contributed by atoms with Gasteiger partial charge in [-0.2, -0.15) is 0 Å². The summed E-state index contributed by atoms with van der Waals surface area (Å²) in [5, 5.41) is 25.7. The third-order valence-corrected chi connectivity index (χ3v) is 10.6. The van der Waals surface area contributed by atoms with Crippen LogP contribution in [-0.4, -0.2) is 67.0 Å². The fourth-order valence-corrected chi connectivity index (χ4v) is 7.84. The van der Waals surface area contributed by atoms with Crippen molar-refractivity contribution in [1.29, 1.82) is 0 Å². The van der Waals surface area contributed by atoms with Crippen molar-refractivity contribution in [2.24, 2.45) is 0 Å². The van der Waals surface area contributed by atoms with Crippen molar-refractivity contribution in [1.82, 2.24) is 20.6 Å². The number of aliphatic carboxylic acids is 2. The van der Waals surface area contributed by atoms with Crippen LogP contribution in [0, 0.1) is 13.8 Å². The molecule has 11 heteroatoms. The number of carbonyl (C=O) groups is 4. The van der Waals surface area contributed by atoms with Gasteiger partial charge in [-0.05, 0) is 86.5 Å². The molecular formula is C33H43N4O6S+. The zero-order valence-electron chi connectivity index (χ0n) is 26.1. The van der Waals surface area contributed by atoms with E-state index in [0.717, 1.165) is 67.5 Å². The minimum absolute atomic E-state index is 0.00978. The molecule has 0 radical (unpaired) electrons. The van der Waals surface area contributed by atoms with Gasteiger partial charge in [0, 0.05) is 71.6 Å². The lowest BCUT2D eigenvalue weighted by Gasteiger charge is -2.13. The molecule has 10 nitrogen and oxygen atoms in total. The van der Waals surface area contributed by atoms with Crippen LogP contribution in [0.15, 0.2) is 22.3 Å². The fourth-order valence-electron chi connectivity index (χ4n) is 6.97. The van der Waals surface area contributed by atoms with Crippen molar-refractivity contribution >= 4 is 35.5 Å². The van der Waals surface area contributed by atoms with Crippen LogP contribution >= 0.6 is 0 Å². The van der Waals surface area contributed by atoms with E-state index in [4.69, 9.17) is 0 Å². The third kappa shape index (κ3) is 6.38. The Labute approximate surface area is 261 Å². The Kier molecular flexibility index (Phi) is 9.15. The second kappa shape index (κ2) is 12.7. The van der Waals surface area contributed by atoms with Crippen LogP contribution in [0.25, 0.3) is 0 Å². The molecule has 2 aromatic heterocycles. The average molecular weight is 624 g/mol. The quantitative estimate of drug-likeness (QED) is 0.108. The average Bonchev–Trinajstić information content (AvgIpc) is 3.53. The molecule has 5 heterocycles. The molecule has 5 rings (SSSR count). The van der Waals surface area contributed by atoms with Gasteiger partial charge in [0.25, 0.3) is 0 Å². The van der Waals surface area contributed by atoms with Crippen LogP contribution in [0.2, 0.25) is 0 Å². The number of rotatable bonds is 14. The summed E-state index contributed by atoms with van der Waals surface area (Å²) in [6.45, 7) is 9.86. The van der Waals surface area contributed by atoms with E-state index in [-0.39, 0.29) is 36.7 Å². The van der Waals surface area contributed by atoms with Gasteiger partial charge in [-0.15, -0.1) is 0 Å². The Balaban J connectivity index is 1.48. The standard InChI is InChI=1S/C33H42N4O6S/c1-6-19-15(2)24(36-33(19)43)11-22-16(3)20(7-9-29(38)39)25(34-22)13-26-21(8-10-30(40)41)17(4)23(35-26)12-27-31(28-14-44-28)18(5)32(42)37-27/h24,27-28,34-35H,6-14H2,1-5H3,(H,36,43)(H,37,42)(H,38,39)(H,40,41)/p+1/t24-,27+,28+/m1/s1. The van der Waals surface area contributed by atoms with Crippen molar-refractivity contribution in [3.8, 4) is 0 Å². The summed E-state index contributed by atoms with van der Waals surface area (Å²) in [5.74, 6) is -0.723. The minimum Gasteiger partial charge on any atom is -0.481 e. The highest BCUT2D eigenvalue weighted by molar-refractivity contribution is 7.87. The summed E-state index contributed by atoms with van der Waals surface area (Å²) < 4.78 is 0. The third-order valence-electron chi connectivity index (χ3n) is 9.60. The molecule has 0 bridgehead atoms. The van der Waals surface area contributed by atoms with Crippen LogP contribution < -0.4 is 10.6 Å². The van der Waals surface area contributed by atoms with Crippen molar-refractivity contribution in [3.05, 3.63) is 67.3 Å². The Morgan fingerprint density at radius 1 is 0.795 bits per heavy atom. The van der Waals surface area contributed by atoms with Gasteiger partial charge in [-0.1, -0.05) is 6.92 Å². The summed E-state index contributed by atoms with van der Waals surface area (Å²) in [6, 6.07) is -0.213. The topological polar surface area (TPSA) is 164 Å². The van der Waals surface area contributed by atoms with Crippen molar-refractivity contribution < 1.29 is 29.4 Å². The lowest BCUT2D eigenvalue weighted by atomic mass is 9.95. The van der Waals surface area contributed by atoms with E-state index in [2.05, 4.69) is 20.6 Å². The molecule has 236 valence electrons. The van der Waals surface area contributed by atoms with E-state index in [1.807, 2.05) is 34.6 Å². The van der Waals surface area contributed by atoms with E-state index in [1.165, 1.54) is 17.3 Å². The first-order valence-electron chi connectivity index (χ1n) is 15.4. The van der Waals surface area contributed by atoms with Gasteiger partial charge in [0.05, 0.1) is 12.1 Å². The number of aromatic amines is 2. The molecule has 3 aliphatic heterocycles. The predicted molar refractivity (Wildman–Crippen MR) is 170 cm³/mol. The zero-order chi connectivity index (χ0) is 31.9. The normalized spacial score (nSPS) is 21.3. The van der Waals surface area contributed by atoms with Gasteiger partial charge >= 0.3 is 11.9 Å². The number of carbonyl (C=O) groups excluding carboxylic acids is 2. The Bertz CT molecular complexity index is 1590. The number of thiol groups is 1. The van der Waals surface area contributed by atoms with Crippen molar-refractivity contribution in [2.75, 3.05) is 5.75 Å². The second-order valence-corrected chi connectivity index (χ2v) is 13.6. The Morgan fingerprint density at radius 3 is 1.75 bits per heavy atom. The van der Waals surface area contributed by atoms with Gasteiger partial charge in [0.15, 0.2) is 11.0 Å². The largest absolute Gasteiger partial charge is 0.481 e. The number of hydrogen-bond donors (Lipinski definition) is 6. The maximum absolute atomic E-state index is 12.6. The minimum atomic E-state index is -0.875. The maximum Gasteiger partial charge on any atom is 0.303 e. The number of carboxylic acid groups (broad SMARTS) is 2. The molecule has 6 N–H and O–H groups in total. The van der Waals surface area contributed by atoms with E-state index in [9.17, 15) is 29.4 Å². The Hall–Kier alpha value is -3.73. The smallest absolute Gasteiger partial charge is 0.303 e. The number of carboxylic acids is 2. The van der Waals surface area contributed by atoms with Gasteiger partial charge < -0.3 is 30.8 Å². The zero-order valence-corrected chi connectivity index (χ0v) is 27.0. The van der Waals surface area contributed by atoms with Gasteiger partial charge in [-0.3, -0.25) is 19.2 Å². The fraction of sp³-hybridized carbons (Fsp3) is 0.515. The number of H-pyrrole nitrogens is 2. The maximum atomic E-state index is 12.6. The highest BCUT2D eigenvalue weighted by Gasteiger charge is 2.47. The van der Waals surface area contributed by atoms with Crippen LogP contribution in [0.4, 0.5) is 0 Å². The predicted octanol–water partition coefficient (Wildman–Crippen LogP) is 2.91. The van der Waals surface area contributed by atoms with Gasteiger partial charge in [0.2, 0.25) is 11.8 Å². The number of nitrogens with one attached hydrogen (secondary N) is 4. The molecule has 44 heavy (non-hydrogen) atoms. The molecule has 0 aromatic carbocycles. The summed E-state index contributed by atoms with van der Waals surface area (Å²) in [7, 11) is 0. The van der Waals surface area contributed by atoms with Crippen molar-refractivity contribution in [3.63, 3.8) is 0 Å². The van der Waals surface area contributed by atoms with E-state index in [0.29, 0.717) is 43.8 Å². The molecule has 2 aromatic rings. The molecule has 3 atom stereocenters. The van der Waals surface area contributed by atoms with Crippen LogP contribution in [0.1, 0.15) is 85.1 Å². The van der Waals surface area contributed by atoms with Gasteiger partial charge in [-0.25, -0.2) is 0 Å². The molecule has 1 saturated heterocycles. The Morgan fingerprint density at radius 2 is 1.30 bits per heavy atom. The number of amides is 2. The second-order valence-electron chi connectivity index (χ2n) is 12.3. The molecule has 0 aliphatic carbocycles. The van der Waals surface area contributed by atoms with Gasteiger partial charge in [0.1, 0.15) is 0 Å². The lowest BCUT2D eigenvalue weighted by Crippen LogP contribution is -2.32. The van der Waals surface area contributed by atoms with E-state index < -0.39 is 11.9 Å². The first-order valence-corrected chi connectivity index (χ1v) is 16.5. The first-order chi connectivity index (χ1) is 20.9. The molecule has 0 spiro atoms. The monoisotopic (exact) mass is 623 g/mol. The van der Waals surface area contributed by atoms with Crippen LogP contribution in [0.3, 0.4) is 0 Å². The molecule has 0 unspecified atom stereocenters. The van der Waals surface area contributed by atoms with E-state index >= 15 is 0 Å². The lowest BCUT2D eigenvalue weighted by molar-refractivity contribution is -0.138. The van der Waals surface area contributed by atoms with Crippen molar-refractivity contribution in [2.45, 2.75) is 103 Å². The number of aromatic nitrogens is 2. The molecule has 0 saturated carbocycles. The summed E-state index contributed by atoms with van der Waals surface area (Å²) in [6.07, 6.45) is 3.00.